The highest BCUT2D eigenvalue weighted by atomic mass is 35.5. The van der Waals surface area contributed by atoms with Crippen molar-refractivity contribution in [2.24, 2.45) is 0 Å². The van der Waals surface area contributed by atoms with Crippen molar-refractivity contribution in [2.75, 3.05) is 11.1 Å². The summed E-state index contributed by atoms with van der Waals surface area (Å²) in [5.41, 5.74) is 8.90. The maximum atomic E-state index is 12.3. The van der Waals surface area contributed by atoms with Crippen LogP contribution in [0.5, 0.6) is 0 Å². The lowest BCUT2D eigenvalue weighted by atomic mass is 10.1. The molecule has 0 atom stereocenters. The molecule has 5 nitrogen and oxygen atoms in total. The molecule has 1 amide bonds. The molecule has 0 unspecified atom stereocenters. The Balaban J connectivity index is 1.60. The van der Waals surface area contributed by atoms with Crippen LogP contribution >= 0.6 is 34.7 Å². The van der Waals surface area contributed by atoms with E-state index in [1.54, 1.807) is 23.9 Å². The Morgan fingerprint density at radius 3 is 2.64 bits per heavy atom. The van der Waals surface area contributed by atoms with Crippen LogP contribution in [0.25, 0.3) is 0 Å². The molecule has 1 aromatic heterocycles. The third-order valence-corrected chi connectivity index (χ3v) is 5.80. The van der Waals surface area contributed by atoms with Gasteiger partial charge in [0.2, 0.25) is 5.13 Å². The second-order valence-electron chi connectivity index (χ2n) is 5.31. The molecule has 128 valence electrons. The number of aromatic nitrogens is 2. The topological polar surface area (TPSA) is 80.9 Å². The predicted octanol–water partition coefficient (Wildman–Crippen LogP) is 4.63. The highest BCUT2D eigenvalue weighted by molar-refractivity contribution is 8.00. The number of carbonyl (C=O) groups is 1. The first-order chi connectivity index (χ1) is 12.0. The Morgan fingerprint density at radius 2 is 2.00 bits per heavy atom. The molecule has 3 aromatic rings. The lowest BCUT2D eigenvalue weighted by molar-refractivity contribution is 0.102. The first-order valence-electron chi connectivity index (χ1n) is 7.39. The fraction of sp³-hybridized carbons (Fsp3) is 0.118. The van der Waals surface area contributed by atoms with Crippen molar-refractivity contribution in [1.29, 1.82) is 0 Å². The van der Waals surface area contributed by atoms with E-state index in [4.69, 9.17) is 17.3 Å². The van der Waals surface area contributed by atoms with Gasteiger partial charge in [-0.1, -0.05) is 46.8 Å². The van der Waals surface area contributed by atoms with Gasteiger partial charge in [-0.3, -0.25) is 4.79 Å². The Morgan fingerprint density at radius 1 is 1.24 bits per heavy atom. The number of halogens is 1. The number of hydrogen-bond donors (Lipinski definition) is 2. The number of aryl methyl sites for hydroxylation is 1. The molecular weight excluding hydrogens is 376 g/mol. The quantitative estimate of drug-likeness (QED) is 0.621. The summed E-state index contributed by atoms with van der Waals surface area (Å²) in [6.07, 6.45) is 0. The molecule has 0 bridgehead atoms. The normalized spacial score (nSPS) is 10.6. The molecule has 25 heavy (non-hydrogen) atoms. The molecule has 2 aromatic carbocycles. The van der Waals surface area contributed by atoms with Crippen LogP contribution in [0.2, 0.25) is 5.02 Å². The van der Waals surface area contributed by atoms with E-state index in [0.29, 0.717) is 15.7 Å². The lowest BCUT2D eigenvalue weighted by Crippen LogP contribution is -2.11. The number of nitrogens with two attached hydrogens (primary N) is 1. The summed E-state index contributed by atoms with van der Waals surface area (Å²) in [6.45, 7) is 1.90. The summed E-state index contributed by atoms with van der Waals surface area (Å²) < 4.78 is 0.831. The standard InChI is InChI=1S/C17H15ClN4OS2/c1-10-8-13(6-7-14(10)18)20-15(23)12-4-2-11(3-5-12)9-24-17-22-21-16(19)25-17/h2-8H,9H2,1H3,(H2,19,21)(H,20,23). The third-order valence-electron chi connectivity index (χ3n) is 3.42. The van der Waals surface area contributed by atoms with Gasteiger partial charge in [-0.2, -0.15) is 0 Å². The van der Waals surface area contributed by atoms with Gasteiger partial charge in [0.15, 0.2) is 4.34 Å². The van der Waals surface area contributed by atoms with Crippen LogP contribution in [-0.2, 0) is 5.75 Å². The van der Waals surface area contributed by atoms with Crippen molar-refractivity contribution in [3.63, 3.8) is 0 Å². The van der Waals surface area contributed by atoms with Crippen LogP contribution in [0.15, 0.2) is 46.8 Å². The SMILES string of the molecule is Cc1cc(NC(=O)c2ccc(CSc3nnc(N)s3)cc2)ccc1Cl. The maximum Gasteiger partial charge on any atom is 0.255 e. The van der Waals surface area contributed by atoms with Crippen LogP contribution in [0.3, 0.4) is 0 Å². The van der Waals surface area contributed by atoms with E-state index in [0.717, 1.165) is 26.9 Å². The third kappa shape index (κ3) is 4.72. The number of carbonyl (C=O) groups excluding carboxylic acids is 1. The number of amides is 1. The number of thioether (sulfide) groups is 1. The molecular formula is C17H15ClN4OS2. The zero-order chi connectivity index (χ0) is 17.8. The Kier molecular flexibility index (Phi) is 5.57. The van der Waals surface area contributed by atoms with Gasteiger partial charge in [0.25, 0.3) is 5.91 Å². The lowest BCUT2D eigenvalue weighted by Gasteiger charge is -2.08. The van der Waals surface area contributed by atoms with Gasteiger partial charge in [-0.15, -0.1) is 10.2 Å². The van der Waals surface area contributed by atoms with E-state index in [1.165, 1.54) is 11.3 Å². The van der Waals surface area contributed by atoms with Gasteiger partial charge in [-0.25, -0.2) is 0 Å². The number of hydrogen-bond acceptors (Lipinski definition) is 6. The first kappa shape index (κ1) is 17.7. The minimum Gasteiger partial charge on any atom is -0.374 e. The molecule has 8 heteroatoms. The van der Waals surface area contributed by atoms with E-state index in [1.807, 2.05) is 37.3 Å². The summed E-state index contributed by atoms with van der Waals surface area (Å²) in [7, 11) is 0. The van der Waals surface area contributed by atoms with Crippen LogP contribution in [0.4, 0.5) is 10.8 Å². The molecule has 0 fully saturated rings. The largest absolute Gasteiger partial charge is 0.374 e. The van der Waals surface area contributed by atoms with E-state index in [-0.39, 0.29) is 5.91 Å². The van der Waals surface area contributed by atoms with Crippen LogP contribution in [0.1, 0.15) is 21.5 Å². The monoisotopic (exact) mass is 390 g/mol. The van der Waals surface area contributed by atoms with Gasteiger partial charge >= 0.3 is 0 Å². The van der Waals surface area contributed by atoms with Gasteiger partial charge in [-0.05, 0) is 48.4 Å². The highest BCUT2D eigenvalue weighted by Crippen LogP contribution is 2.27. The first-order valence-corrected chi connectivity index (χ1v) is 9.57. The zero-order valence-corrected chi connectivity index (χ0v) is 15.7. The minimum absolute atomic E-state index is 0.155. The summed E-state index contributed by atoms with van der Waals surface area (Å²) in [6, 6.07) is 12.9. The van der Waals surface area contributed by atoms with Crippen molar-refractivity contribution < 1.29 is 4.79 Å². The van der Waals surface area contributed by atoms with Crippen LogP contribution in [0, 0.1) is 6.92 Å². The number of nitrogens with zero attached hydrogens (tertiary/aromatic N) is 2. The smallest absolute Gasteiger partial charge is 0.255 e. The highest BCUT2D eigenvalue weighted by Gasteiger charge is 2.08. The fourth-order valence-electron chi connectivity index (χ4n) is 2.10. The number of nitrogen functional groups attached to an aromatic ring is 1. The van der Waals surface area contributed by atoms with Crippen molar-refractivity contribution in [1.82, 2.24) is 10.2 Å². The van der Waals surface area contributed by atoms with Gasteiger partial charge in [0.05, 0.1) is 0 Å². The number of rotatable bonds is 5. The Bertz CT molecular complexity index is 896. The van der Waals surface area contributed by atoms with Gasteiger partial charge < -0.3 is 11.1 Å². The molecule has 0 aliphatic heterocycles. The number of nitrogens with one attached hydrogen (secondary N) is 1. The summed E-state index contributed by atoms with van der Waals surface area (Å²) in [5, 5.41) is 11.8. The molecule has 0 saturated carbocycles. The molecule has 3 N–H and O–H groups in total. The average molecular weight is 391 g/mol. The molecule has 0 radical (unpaired) electrons. The average Bonchev–Trinajstić information content (AvgIpc) is 3.02. The molecule has 0 aliphatic carbocycles. The summed E-state index contributed by atoms with van der Waals surface area (Å²) >= 11 is 8.93. The van der Waals surface area contributed by atoms with Crippen molar-refractivity contribution in [3.05, 3.63) is 64.2 Å². The fourth-order valence-corrected chi connectivity index (χ4v) is 3.81. The molecule has 3 rings (SSSR count). The molecule has 0 spiro atoms. The zero-order valence-electron chi connectivity index (χ0n) is 13.3. The molecule has 0 saturated heterocycles. The van der Waals surface area contributed by atoms with Crippen LogP contribution < -0.4 is 11.1 Å². The van der Waals surface area contributed by atoms with Gasteiger partial charge in [0, 0.05) is 22.0 Å². The number of benzene rings is 2. The van der Waals surface area contributed by atoms with E-state index in [2.05, 4.69) is 15.5 Å². The van der Waals surface area contributed by atoms with Crippen LogP contribution in [-0.4, -0.2) is 16.1 Å². The van der Waals surface area contributed by atoms with Crippen molar-refractivity contribution in [2.45, 2.75) is 17.0 Å². The molecule has 0 aliphatic rings. The summed E-state index contributed by atoms with van der Waals surface area (Å²) in [4.78, 5) is 12.3. The van der Waals surface area contributed by atoms with Gasteiger partial charge in [0.1, 0.15) is 0 Å². The minimum atomic E-state index is -0.155. The second kappa shape index (κ2) is 7.86. The van der Waals surface area contributed by atoms with E-state index in [9.17, 15) is 4.79 Å². The van der Waals surface area contributed by atoms with E-state index >= 15 is 0 Å². The Hall–Kier alpha value is -2.09. The Labute approximate surface area is 158 Å². The second-order valence-corrected chi connectivity index (χ2v) is 7.95. The van der Waals surface area contributed by atoms with Crippen molar-refractivity contribution >= 4 is 51.4 Å². The molecule has 1 heterocycles. The summed E-state index contributed by atoms with van der Waals surface area (Å²) in [5.74, 6) is 0.588. The predicted molar refractivity (Wildman–Crippen MR) is 104 cm³/mol. The number of anilines is 2. The van der Waals surface area contributed by atoms with E-state index < -0.39 is 0 Å². The van der Waals surface area contributed by atoms with Crippen molar-refractivity contribution in [3.8, 4) is 0 Å². The maximum absolute atomic E-state index is 12.3.